The number of phenolic OH excluding ortho intramolecular Hbond substituents is 1. The van der Waals surface area contributed by atoms with Crippen LogP contribution in [0.1, 0.15) is 5.56 Å². The number of carbonyl (C=O) groups excluding carboxylic acids is 1. The molecule has 0 radical (unpaired) electrons. The lowest BCUT2D eigenvalue weighted by atomic mass is 10.2. The molecule has 9 heteroatoms. The number of amides is 1. The lowest BCUT2D eigenvalue weighted by Gasteiger charge is -2.06. The molecule has 0 atom stereocenters. The zero-order valence-corrected chi connectivity index (χ0v) is 14.5. The third kappa shape index (κ3) is 5.22. The summed E-state index contributed by atoms with van der Waals surface area (Å²) in [6.45, 7) is 0. The third-order valence-electron chi connectivity index (χ3n) is 2.55. The molecule has 0 bridgehead atoms. The normalized spacial score (nSPS) is 10.7. The molecule has 0 saturated carbocycles. The van der Waals surface area contributed by atoms with E-state index in [9.17, 15) is 9.90 Å². The van der Waals surface area contributed by atoms with Gasteiger partial charge in [-0.05, 0) is 39.7 Å². The summed E-state index contributed by atoms with van der Waals surface area (Å²) in [6.07, 6.45) is 4.68. The quantitative estimate of drug-likeness (QED) is 0.336. The summed E-state index contributed by atoms with van der Waals surface area (Å²) in [4.78, 5) is 19.7. The van der Waals surface area contributed by atoms with Crippen molar-refractivity contribution in [3.63, 3.8) is 0 Å². The van der Waals surface area contributed by atoms with Gasteiger partial charge in [0.05, 0.1) is 23.5 Å². The van der Waals surface area contributed by atoms with Gasteiger partial charge in [-0.2, -0.15) is 5.10 Å². The van der Waals surface area contributed by atoms with Crippen LogP contribution in [0.15, 0.2) is 45.3 Å². The molecule has 0 aliphatic heterocycles. The summed E-state index contributed by atoms with van der Waals surface area (Å²) in [7, 11) is 1.45. The number of halogens is 1. The zero-order valence-electron chi connectivity index (χ0n) is 12.1. The van der Waals surface area contributed by atoms with Gasteiger partial charge >= 0.3 is 0 Å². The van der Waals surface area contributed by atoms with E-state index in [1.807, 2.05) is 0 Å². The highest BCUT2D eigenvalue weighted by molar-refractivity contribution is 9.10. The lowest BCUT2D eigenvalue weighted by molar-refractivity contribution is -0.118. The van der Waals surface area contributed by atoms with Gasteiger partial charge in [0, 0.05) is 12.4 Å². The number of hydrogen-bond donors (Lipinski definition) is 2. The molecule has 0 spiro atoms. The molecule has 23 heavy (non-hydrogen) atoms. The highest BCUT2D eigenvalue weighted by Crippen LogP contribution is 2.34. The first-order valence-corrected chi connectivity index (χ1v) is 8.16. The van der Waals surface area contributed by atoms with E-state index in [0.29, 0.717) is 20.9 Å². The van der Waals surface area contributed by atoms with Crippen molar-refractivity contribution in [2.45, 2.75) is 5.16 Å². The standard InChI is InChI=1S/C14H13BrN4O3S/c1-22-11-6-9(5-10(15)13(11)21)7-18-19-12(20)8-23-14-16-3-2-4-17-14/h2-7,21H,8H2,1H3,(H,19,20)/b18-7+. The molecule has 0 aliphatic carbocycles. The number of nitrogens with one attached hydrogen (secondary N) is 1. The second-order valence-corrected chi connectivity index (χ2v) is 5.96. The summed E-state index contributed by atoms with van der Waals surface area (Å²) >= 11 is 4.43. The monoisotopic (exact) mass is 396 g/mol. The van der Waals surface area contributed by atoms with Crippen molar-refractivity contribution >= 4 is 39.8 Å². The van der Waals surface area contributed by atoms with Gasteiger partial charge in [-0.1, -0.05) is 11.8 Å². The number of hydrogen-bond acceptors (Lipinski definition) is 7. The number of aromatic nitrogens is 2. The Hall–Kier alpha value is -2.13. The molecule has 0 saturated heterocycles. The molecule has 0 unspecified atom stereocenters. The van der Waals surface area contributed by atoms with Crippen LogP contribution in [0.4, 0.5) is 0 Å². The smallest absolute Gasteiger partial charge is 0.250 e. The molecule has 2 rings (SSSR count). The van der Waals surface area contributed by atoms with Crippen LogP contribution in [-0.2, 0) is 4.79 Å². The van der Waals surface area contributed by atoms with Crippen LogP contribution in [0.2, 0.25) is 0 Å². The van der Waals surface area contributed by atoms with Crippen molar-refractivity contribution in [1.82, 2.24) is 15.4 Å². The number of phenols is 1. The SMILES string of the molecule is COc1cc(/C=N/NC(=O)CSc2ncccn2)cc(Br)c1O. The molecule has 1 aromatic carbocycles. The molecule has 0 aliphatic rings. The lowest BCUT2D eigenvalue weighted by Crippen LogP contribution is -2.19. The number of thioether (sulfide) groups is 1. The van der Waals surface area contributed by atoms with Crippen LogP contribution in [-0.4, -0.2) is 40.1 Å². The molecule has 0 fully saturated rings. The fraction of sp³-hybridized carbons (Fsp3) is 0.143. The van der Waals surface area contributed by atoms with Crippen molar-refractivity contribution in [2.24, 2.45) is 5.10 Å². The minimum atomic E-state index is -0.275. The van der Waals surface area contributed by atoms with E-state index in [0.717, 1.165) is 0 Å². The molecular weight excluding hydrogens is 384 g/mol. The Balaban J connectivity index is 1.89. The third-order valence-corrected chi connectivity index (χ3v) is 4.03. The second-order valence-electron chi connectivity index (χ2n) is 4.17. The molecule has 7 nitrogen and oxygen atoms in total. The summed E-state index contributed by atoms with van der Waals surface area (Å²) in [5.41, 5.74) is 3.07. The predicted molar refractivity (Wildman–Crippen MR) is 90.9 cm³/mol. The van der Waals surface area contributed by atoms with Gasteiger partial charge in [0.1, 0.15) is 0 Å². The van der Waals surface area contributed by atoms with Gasteiger partial charge < -0.3 is 9.84 Å². The van der Waals surface area contributed by atoms with E-state index in [2.05, 4.69) is 36.4 Å². The van der Waals surface area contributed by atoms with E-state index in [-0.39, 0.29) is 17.4 Å². The van der Waals surface area contributed by atoms with Gasteiger partial charge in [0.25, 0.3) is 5.91 Å². The topological polar surface area (TPSA) is 96.7 Å². The highest BCUT2D eigenvalue weighted by atomic mass is 79.9. The molecule has 120 valence electrons. The average Bonchev–Trinajstić information content (AvgIpc) is 2.57. The van der Waals surface area contributed by atoms with E-state index in [1.54, 1.807) is 30.6 Å². The van der Waals surface area contributed by atoms with Crippen molar-refractivity contribution in [1.29, 1.82) is 0 Å². The number of aromatic hydroxyl groups is 1. The second kappa shape index (κ2) is 8.49. The predicted octanol–water partition coefficient (Wildman–Crippen LogP) is 2.20. The Morgan fingerprint density at radius 2 is 2.22 bits per heavy atom. The maximum absolute atomic E-state index is 11.7. The minimum Gasteiger partial charge on any atom is -0.503 e. The van der Waals surface area contributed by atoms with Crippen LogP contribution in [0, 0.1) is 0 Å². The maximum Gasteiger partial charge on any atom is 0.250 e. The number of nitrogens with zero attached hydrogens (tertiary/aromatic N) is 3. The first kappa shape index (κ1) is 17.2. The Morgan fingerprint density at radius 1 is 1.48 bits per heavy atom. The van der Waals surface area contributed by atoms with Crippen LogP contribution in [0.3, 0.4) is 0 Å². The number of benzene rings is 1. The van der Waals surface area contributed by atoms with Gasteiger partial charge in [0.2, 0.25) is 0 Å². The van der Waals surface area contributed by atoms with Crippen molar-refractivity contribution < 1.29 is 14.6 Å². The Bertz CT molecular complexity index is 713. The molecule has 2 aromatic rings. The van der Waals surface area contributed by atoms with Crippen molar-refractivity contribution in [3.05, 3.63) is 40.6 Å². The van der Waals surface area contributed by atoms with E-state index in [1.165, 1.54) is 25.1 Å². The Kier molecular flexibility index (Phi) is 6.36. The van der Waals surface area contributed by atoms with Gasteiger partial charge in [-0.15, -0.1) is 0 Å². The van der Waals surface area contributed by atoms with E-state index < -0.39 is 0 Å². The number of methoxy groups -OCH3 is 1. The fourth-order valence-electron chi connectivity index (χ4n) is 1.53. The van der Waals surface area contributed by atoms with E-state index >= 15 is 0 Å². The fourth-order valence-corrected chi connectivity index (χ4v) is 2.58. The van der Waals surface area contributed by atoms with Crippen molar-refractivity contribution in [3.8, 4) is 11.5 Å². The first-order valence-electron chi connectivity index (χ1n) is 6.38. The average molecular weight is 397 g/mol. The van der Waals surface area contributed by atoms with Crippen molar-refractivity contribution in [2.75, 3.05) is 12.9 Å². The summed E-state index contributed by atoms with van der Waals surface area (Å²) in [5, 5.41) is 14.1. The van der Waals surface area contributed by atoms with Crippen LogP contribution >= 0.6 is 27.7 Å². The minimum absolute atomic E-state index is 0.00736. The summed E-state index contributed by atoms with van der Waals surface area (Å²) in [6, 6.07) is 4.96. The largest absolute Gasteiger partial charge is 0.503 e. The van der Waals surface area contributed by atoms with Crippen LogP contribution in [0.25, 0.3) is 0 Å². The summed E-state index contributed by atoms with van der Waals surface area (Å²) < 4.78 is 5.51. The van der Waals surface area contributed by atoms with Gasteiger partial charge in [0.15, 0.2) is 16.7 Å². The maximum atomic E-state index is 11.7. The number of rotatable bonds is 6. The molecule has 1 heterocycles. The van der Waals surface area contributed by atoms with Gasteiger partial charge in [-0.25, -0.2) is 15.4 Å². The zero-order chi connectivity index (χ0) is 16.7. The molecule has 1 aromatic heterocycles. The van der Waals surface area contributed by atoms with Crippen LogP contribution < -0.4 is 10.2 Å². The number of hydrazone groups is 1. The Labute approximate surface area is 145 Å². The Morgan fingerprint density at radius 3 is 2.91 bits per heavy atom. The highest BCUT2D eigenvalue weighted by Gasteiger charge is 2.07. The first-order chi connectivity index (χ1) is 11.1. The molecular formula is C14H13BrN4O3S. The summed E-state index contributed by atoms with van der Waals surface area (Å²) in [5.74, 6) is 0.199. The van der Waals surface area contributed by atoms with Gasteiger partial charge in [-0.3, -0.25) is 4.79 Å². The number of carbonyl (C=O) groups is 1. The van der Waals surface area contributed by atoms with Crippen LogP contribution in [0.5, 0.6) is 11.5 Å². The molecule has 1 amide bonds. The number of ether oxygens (including phenoxy) is 1. The molecule has 2 N–H and O–H groups in total. The van der Waals surface area contributed by atoms with E-state index in [4.69, 9.17) is 4.74 Å².